The molecule has 3 aliphatic rings. The van der Waals surface area contributed by atoms with E-state index < -0.39 is 0 Å². The minimum atomic E-state index is 0.0265. The molecule has 3 rings (SSSR count). The number of allylic oxidation sites excluding steroid dienone is 1. The summed E-state index contributed by atoms with van der Waals surface area (Å²) >= 11 is 0. The lowest BCUT2D eigenvalue weighted by molar-refractivity contribution is -0.146. The summed E-state index contributed by atoms with van der Waals surface area (Å²) in [7, 11) is 0. The molecule has 124 valence electrons. The second kappa shape index (κ2) is 5.99. The van der Waals surface area contributed by atoms with E-state index in [1.54, 1.807) is 0 Å². The van der Waals surface area contributed by atoms with Gasteiger partial charge in [-0.2, -0.15) is 0 Å². The largest absolute Gasteiger partial charge is 0.462 e. The van der Waals surface area contributed by atoms with E-state index in [2.05, 4.69) is 32.7 Å². The Bertz CT molecular complexity index is 460. The maximum atomic E-state index is 12.3. The number of rotatable bonds is 4. The molecule has 1 heterocycles. The van der Waals surface area contributed by atoms with Crippen LogP contribution in [0.4, 0.5) is 0 Å². The van der Waals surface area contributed by atoms with E-state index >= 15 is 0 Å². The van der Waals surface area contributed by atoms with Gasteiger partial charge in [0.1, 0.15) is 6.10 Å². The average molecular weight is 305 g/mol. The van der Waals surface area contributed by atoms with Gasteiger partial charge in [-0.05, 0) is 56.8 Å². The van der Waals surface area contributed by atoms with Gasteiger partial charge in [-0.3, -0.25) is 4.79 Å². The number of ether oxygens (including phenoxy) is 1. The van der Waals surface area contributed by atoms with Gasteiger partial charge in [-0.25, -0.2) is 0 Å². The van der Waals surface area contributed by atoms with Crippen molar-refractivity contribution in [3.63, 3.8) is 0 Å². The van der Waals surface area contributed by atoms with Crippen molar-refractivity contribution in [2.75, 3.05) is 6.54 Å². The van der Waals surface area contributed by atoms with Gasteiger partial charge < -0.3 is 10.1 Å². The Morgan fingerprint density at radius 2 is 2.27 bits per heavy atom. The fraction of sp³-hybridized carbons (Fsp3) is 0.842. The molecular weight excluding hydrogens is 274 g/mol. The van der Waals surface area contributed by atoms with E-state index in [-0.39, 0.29) is 18.0 Å². The normalized spacial score (nSPS) is 42.5. The topological polar surface area (TPSA) is 38.3 Å². The zero-order chi connectivity index (χ0) is 15.9. The summed E-state index contributed by atoms with van der Waals surface area (Å²) in [6.07, 6.45) is 7.04. The summed E-state index contributed by atoms with van der Waals surface area (Å²) in [4.78, 5) is 12.3. The lowest BCUT2D eigenvalue weighted by Gasteiger charge is -2.50. The molecule has 2 saturated carbocycles. The molecule has 3 nitrogen and oxygen atoms in total. The number of nitrogens with one attached hydrogen (secondary N) is 1. The Morgan fingerprint density at radius 3 is 3.00 bits per heavy atom. The fourth-order valence-corrected chi connectivity index (χ4v) is 4.96. The molecule has 22 heavy (non-hydrogen) atoms. The summed E-state index contributed by atoms with van der Waals surface area (Å²) < 4.78 is 5.78. The van der Waals surface area contributed by atoms with E-state index in [9.17, 15) is 4.79 Å². The fourth-order valence-electron chi connectivity index (χ4n) is 4.96. The third-order valence-corrected chi connectivity index (χ3v) is 6.62. The van der Waals surface area contributed by atoms with Crippen LogP contribution in [0.15, 0.2) is 12.2 Å². The van der Waals surface area contributed by atoms with Crippen LogP contribution in [-0.4, -0.2) is 24.7 Å². The Morgan fingerprint density at radius 1 is 1.50 bits per heavy atom. The first-order valence-corrected chi connectivity index (χ1v) is 9.06. The van der Waals surface area contributed by atoms with Crippen LogP contribution in [0.5, 0.6) is 0 Å². The Hall–Kier alpha value is -0.830. The van der Waals surface area contributed by atoms with Crippen LogP contribution in [-0.2, 0) is 9.53 Å². The van der Waals surface area contributed by atoms with E-state index in [0.29, 0.717) is 23.3 Å². The SMILES string of the molecule is C=C1CCC[C@]2(C)C[C@H]3OC(=O)[C@H](CN[C@H](C)CC)[C@H]3C[C@H]12. The number of esters is 1. The second-order valence-electron chi connectivity index (χ2n) is 8.12. The van der Waals surface area contributed by atoms with Crippen molar-refractivity contribution in [1.82, 2.24) is 5.32 Å². The maximum Gasteiger partial charge on any atom is 0.310 e. The quantitative estimate of drug-likeness (QED) is 0.636. The molecule has 0 amide bonds. The molecule has 2 aliphatic carbocycles. The minimum Gasteiger partial charge on any atom is -0.462 e. The summed E-state index contributed by atoms with van der Waals surface area (Å²) in [5.41, 5.74) is 1.72. The molecular formula is C19H31NO2. The number of hydrogen-bond acceptors (Lipinski definition) is 3. The summed E-state index contributed by atoms with van der Waals surface area (Å²) in [6, 6.07) is 0.463. The molecule has 6 atom stereocenters. The first-order chi connectivity index (χ1) is 10.4. The highest BCUT2D eigenvalue weighted by Crippen LogP contribution is 2.56. The highest BCUT2D eigenvalue weighted by molar-refractivity contribution is 5.75. The standard InChI is InChI=1S/C19H31NO2/c1-5-13(3)20-11-15-14-9-16-12(2)7-6-8-19(16,4)10-17(14)22-18(15)21/h13-17,20H,2,5-11H2,1,3-4H3/t13-,14-,15-,16-,17-,19-/m1/s1. The number of hydrogen-bond donors (Lipinski definition) is 1. The summed E-state index contributed by atoms with van der Waals surface area (Å²) in [5.74, 6) is 1.04. The molecule has 1 N–H and O–H groups in total. The molecule has 3 fully saturated rings. The van der Waals surface area contributed by atoms with Gasteiger partial charge in [0.2, 0.25) is 0 Å². The third-order valence-electron chi connectivity index (χ3n) is 6.62. The van der Waals surface area contributed by atoms with E-state index in [1.807, 2.05) is 0 Å². The number of carbonyl (C=O) groups is 1. The average Bonchev–Trinajstić information content (AvgIpc) is 2.77. The highest BCUT2D eigenvalue weighted by atomic mass is 16.6. The van der Waals surface area contributed by atoms with Crippen LogP contribution in [0, 0.1) is 23.2 Å². The van der Waals surface area contributed by atoms with Gasteiger partial charge >= 0.3 is 5.97 Å². The zero-order valence-electron chi connectivity index (χ0n) is 14.4. The summed E-state index contributed by atoms with van der Waals surface area (Å²) in [5, 5.41) is 3.51. The van der Waals surface area contributed by atoms with Crippen molar-refractivity contribution < 1.29 is 9.53 Å². The van der Waals surface area contributed by atoms with Crippen LogP contribution >= 0.6 is 0 Å². The minimum absolute atomic E-state index is 0.0265. The van der Waals surface area contributed by atoms with Gasteiger partial charge in [0.15, 0.2) is 0 Å². The molecule has 0 unspecified atom stereocenters. The third kappa shape index (κ3) is 2.73. The smallest absolute Gasteiger partial charge is 0.310 e. The first-order valence-electron chi connectivity index (χ1n) is 9.06. The van der Waals surface area contributed by atoms with Crippen molar-refractivity contribution in [3.05, 3.63) is 12.2 Å². The van der Waals surface area contributed by atoms with Gasteiger partial charge in [0, 0.05) is 18.5 Å². The van der Waals surface area contributed by atoms with Crippen LogP contribution in [0.2, 0.25) is 0 Å². The number of fused-ring (bicyclic) bond motifs is 2. The molecule has 1 saturated heterocycles. The monoisotopic (exact) mass is 305 g/mol. The second-order valence-corrected chi connectivity index (χ2v) is 8.12. The van der Waals surface area contributed by atoms with Gasteiger partial charge in [-0.15, -0.1) is 0 Å². The van der Waals surface area contributed by atoms with Gasteiger partial charge in [0.05, 0.1) is 5.92 Å². The van der Waals surface area contributed by atoms with Crippen LogP contribution < -0.4 is 5.32 Å². The Kier molecular flexibility index (Phi) is 4.37. The van der Waals surface area contributed by atoms with Crippen LogP contribution in [0.1, 0.15) is 59.3 Å². The predicted octanol–water partition coefficient (Wildman–Crippen LogP) is 3.69. The molecule has 0 radical (unpaired) electrons. The van der Waals surface area contributed by atoms with E-state index in [0.717, 1.165) is 25.8 Å². The van der Waals surface area contributed by atoms with E-state index in [1.165, 1.54) is 24.8 Å². The first kappa shape index (κ1) is 16.0. The molecule has 0 spiro atoms. The molecule has 0 bridgehead atoms. The van der Waals surface area contributed by atoms with Crippen molar-refractivity contribution in [2.24, 2.45) is 23.2 Å². The number of carbonyl (C=O) groups excluding carboxylic acids is 1. The lowest BCUT2D eigenvalue weighted by Crippen LogP contribution is -2.45. The Balaban J connectivity index is 1.73. The van der Waals surface area contributed by atoms with Crippen molar-refractivity contribution in [2.45, 2.75) is 71.4 Å². The van der Waals surface area contributed by atoms with Crippen LogP contribution in [0.3, 0.4) is 0 Å². The molecule has 0 aromatic heterocycles. The van der Waals surface area contributed by atoms with Gasteiger partial charge in [0.25, 0.3) is 0 Å². The lowest BCUT2D eigenvalue weighted by atomic mass is 9.55. The zero-order valence-corrected chi connectivity index (χ0v) is 14.4. The van der Waals surface area contributed by atoms with Gasteiger partial charge in [-0.1, -0.05) is 26.0 Å². The predicted molar refractivity (Wildman–Crippen MR) is 88.4 cm³/mol. The molecule has 0 aromatic carbocycles. The molecule has 3 heteroatoms. The van der Waals surface area contributed by atoms with Crippen LogP contribution in [0.25, 0.3) is 0 Å². The highest BCUT2D eigenvalue weighted by Gasteiger charge is 2.54. The van der Waals surface area contributed by atoms with Crippen molar-refractivity contribution >= 4 is 5.97 Å². The maximum absolute atomic E-state index is 12.3. The Labute approximate surface area is 134 Å². The molecule has 1 aliphatic heterocycles. The van der Waals surface area contributed by atoms with Crippen molar-refractivity contribution in [1.29, 1.82) is 0 Å². The van der Waals surface area contributed by atoms with Crippen molar-refractivity contribution in [3.8, 4) is 0 Å². The summed E-state index contributed by atoms with van der Waals surface area (Å²) in [6.45, 7) is 11.9. The van der Waals surface area contributed by atoms with E-state index in [4.69, 9.17) is 4.74 Å². The molecule has 0 aromatic rings.